The number of ether oxygens (including phenoxy) is 2. The summed E-state index contributed by atoms with van der Waals surface area (Å²) >= 11 is 5.77. The molecule has 0 amide bonds. The zero-order valence-corrected chi connectivity index (χ0v) is 13.3. The average molecular weight is 335 g/mol. The fourth-order valence-corrected chi connectivity index (χ4v) is 2.08. The van der Waals surface area contributed by atoms with E-state index in [0.29, 0.717) is 5.75 Å². The van der Waals surface area contributed by atoms with Crippen molar-refractivity contribution in [2.45, 2.75) is 20.0 Å². The number of carboxylic acid groups (broad SMARTS) is 1. The van der Waals surface area contributed by atoms with Gasteiger partial charge in [0, 0.05) is 5.02 Å². The van der Waals surface area contributed by atoms with Gasteiger partial charge in [0.1, 0.15) is 22.6 Å². The highest BCUT2D eigenvalue weighted by Gasteiger charge is 2.19. The predicted octanol–water partition coefficient (Wildman–Crippen LogP) is 4.04. The number of aromatic carboxylic acids is 1. The smallest absolute Gasteiger partial charge is 0.347 e. The van der Waals surface area contributed by atoms with E-state index in [1.807, 2.05) is 13.8 Å². The molecule has 2 aromatic carbocycles. The molecule has 0 saturated carbocycles. The predicted molar refractivity (Wildman–Crippen MR) is 85.6 cm³/mol. The van der Waals surface area contributed by atoms with Crippen molar-refractivity contribution < 1.29 is 24.2 Å². The van der Waals surface area contributed by atoms with Crippen LogP contribution in [0.4, 0.5) is 0 Å². The topological polar surface area (TPSA) is 72.8 Å². The molecule has 23 heavy (non-hydrogen) atoms. The van der Waals surface area contributed by atoms with Gasteiger partial charge in [0.15, 0.2) is 0 Å². The number of esters is 1. The van der Waals surface area contributed by atoms with E-state index in [9.17, 15) is 14.7 Å². The van der Waals surface area contributed by atoms with E-state index in [1.54, 1.807) is 24.3 Å². The minimum absolute atomic E-state index is 0.0775. The van der Waals surface area contributed by atoms with Crippen molar-refractivity contribution in [3.05, 3.63) is 58.6 Å². The molecule has 0 spiro atoms. The molecule has 120 valence electrons. The summed E-state index contributed by atoms with van der Waals surface area (Å²) < 4.78 is 10.8. The summed E-state index contributed by atoms with van der Waals surface area (Å²) in [4.78, 5) is 23.6. The normalized spacial score (nSPS) is 10.4. The fourth-order valence-electron chi connectivity index (χ4n) is 1.91. The van der Waals surface area contributed by atoms with Crippen LogP contribution >= 0.6 is 11.6 Å². The van der Waals surface area contributed by atoms with Crippen LogP contribution in [-0.4, -0.2) is 23.1 Å². The number of benzene rings is 2. The van der Waals surface area contributed by atoms with Crippen LogP contribution in [0.15, 0.2) is 42.5 Å². The molecule has 0 aliphatic rings. The standard InChI is InChI=1S/C17H15ClO5/c1-10(2)22-14-6-4-3-5-12(14)17(21)23-15-8-7-11(18)9-13(15)16(19)20/h3-10H,1-2H3,(H,19,20). The van der Waals surface area contributed by atoms with Crippen LogP contribution in [0.5, 0.6) is 11.5 Å². The summed E-state index contributed by atoms with van der Waals surface area (Å²) in [5, 5.41) is 9.41. The lowest BCUT2D eigenvalue weighted by Crippen LogP contribution is -2.15. The van der Waals surface area contributed by atoms with Gasteiger partial charge < -0.3 is 14.6 Å². The zero-order valence-electron chi connectivity index (χ0n) is 12.6. The number of hydrogen-bond acceptors (Lipinski definition) is 4. The molecule has 1 N–H and O–H groups in total. The number of halogens is 1. The second-order valence-corrected chi connectivity index (χ2v) is 5.43. The van der Waals surface area contributed by atoms with Crippen molar-refractivity contribution in [1.29, 1.82) is 0 Å². The molecule has 0 bridgehead atoms. The van der Waals surface area contributed by atoms with Crippen LogP contribution < -0.4 is 9.47 Å². The highest BCUT2D eigenvalue weighted by molar-refractivity contribution is 6.31. The molecule has 5 nitrogen and oxygen atoms in total. The van der Waals surface area contributed by atoms with Crippen molar-refractivity contribution in [2.24, 2.45) is 0 Å². The number of carbonyl (C=O) groups is 2. The Morgan fingerprint density at radius 1 is 1.04 bits per heavy atom. The summed E-state index contributed by atoms with van der Waals surface area (Å²) in [6.45, 7) is 3.67. The van der Waals surface area contributed by atoms with Gasteiger partial charge in [-0.25, -0.2) is 9.59 Å². The Bertz CT molecular complexity index is 740. The molecule has 0 unspecified atom stereocenters. The molecule has 0 aliphatic carbocycles. The molecule has 0 aliphatic heterocycles. The molecule has 0 aromatic heterocycles. The Labute approximate surface area is 138 Å². The third-order valence-corrected chi connectivity index (χ3v) is 3.08. The zero-order chi connectivity index (χ0) is 17.0. The minimum Gasteiger partial charge on any atom is -0.490 e. The van der Waals surface area contributed by atoms with Crippen LogP contribution in [-0.2, 0) is 0 Å². The monoisotopic (exact) mass is 334 g/mol. The highest BCUT2D eigenvalue weighted by Crippen LogP contribution is 2.26. The number of carbonyl (C=O) groups excluding carboxylic acids is 1. The fraction of sp³-hybridized carbons (Fsp3) is 0.176. The van der Waals surface area contributed by atoms with Gasteiger partial charge in [-0.3, -0.25) is 0 Å². The molecule has 6 heteroatoms. The number of rotatable bonds is 5. The summed E-state index contributed by atoms with van der Waals surface area (Å²) in [5.74, 6) is -1.64. The lowest BCUT2D eigenvalue weighted by molar-refractivity contribution is 0.0680. The molecule has 0 radical (unpaired) electrons. The van der Waals surface area contributed by atoms with Crippen molar-refractivity contribution in [2.75, 3.05) is 0 Å². The molecule has 2 rings (SSSR count). The van der Waals surface area contributed by atoms with E-state index < -0.39 is 11.9 Å². The van der Waals surface area contributed by atoms with Gasteiger partial charge in [0.05, 0.1) is 6.10 Å². The van der Waals surface area contributed by atoms with Crippen molar-refractivity contribution in [3.63, 3.8) is 0 Å². The van der Waals surface area contributed by atoms with E-state index in [0.717, 1.165) is 0 Å². The molecular formula is C17H15ClO5. The van der Waals surface area contributed by atoms with Gasteiger partial charge in [-0.1, -0.05) is 23.7 Å². The van der Waals surface area contributed by atoms with E-state index in [2.05, 4.69) is 0 Å². The van der Waals surface area contributed by atoms with Gasteiger partial charge in [-0.2, -0.15) is 0 Å². The molecule has 0 saturated heterocycles. The SMILES string of the molecule is CC(C)Oc1ccccc1C(=O)Oc1ccc(Cl)cc1C(=O)O. The van der Waals surface area contributed by atoms with Crippen LogP contribution in [0.1, 0.15) is 34.6 Å². The quantitative estimate of drug-likeness (QED) is 0.659. The molecule has 2 aromatic rings. The number of carboxylic acids is 1. The Morgan fingerprint density at radius 3 is 2.39 bits per heavy atom. The summed E-state index contributed by atoms with van der Waals surface area (Å²) in [6, 6.07) is 10.6. The maximum atomic E-state index is 12.3. The first-order valence-corrected chi connectivity index (χ1v) is 7.27. The first kappa shape index (κ1) is 16.8. The van der Waals surface area contributed by atoms with Crippen molar-refractivity contribution in [3.8, 4) is 11.5 Å². The Hall–Kier alpha value is -2.53. The van der Waals surface area contributed by atoms with Crippen LogP contribution in [0.2, 0.25) is 5.02 Å². The third-order valence-electron chi connectivity index (χ3n) is 2.84. The van der Waals surface area contributed by atoms with Gasteiger partial charge in [0.25, 0.3) is 0 Å². The van der Waals surface area contributed by atoms with Crippen molar-refractivity contribution in [1.82, 2.24) is 0 Å². The van der Waals surface area contributed by atoms with E-state index in [-0.39, 0.29) is 28.0 Å². The second-order valence-electron chi connectivity index (χ2n) is 5.00. The van der Waals surface area contributed by atoms with Gasteiger partial charge in [-0.15, -0.1) is 0 Å². The van der Waals surface area contributed by atoms with Crippen LogP contribution in [0.3, 0.4) is 0 Å². The number of para-hydroxylation sites is 1. The first-order valence-electron chi connectivity index (χ1n) is 6.89. The molecule has 0 atom stereocenters. The van der Waals surface area contributed by atoms with E-state index >= 15 is 0 Å². The maximum Gasteiger partial charge on any atom is 0.347 e. The van der Waals surface area contributed by atoms with Gasteiger partial charge in [0.2, 0.25) is 0 Å². The van der Waals surface area contributed by atoms with E-state index in [4.69, 9.17) is 21.1 Å². The van der Waals surface area contributed by atoms with Gasteiger partial charge >= 0.3 is 11.9 Å². The lowest BCUT2D eigenvalue weighted by Gasteiger charge is -2.14. The Kier molecular flexibility index (Phi) is 5.24. The summed E-state index contributed by atoms with van der Waals surface area (Å²) in [5.41, 5.74) is 0.0283. The van der Waals surface area contributed by atoms with Crippen molar-refractivity contribution >= 4 is 23.5 Å². The maximum absolute atomic E-state index is 12.3. The Morgan fingerprint density at radius 2 is 1.74 bits per heavy atom. The summed E-state index contributed by atoms with van der Waals surface area (Å²) in [6.07, 6.45) is -0.117. The van der Waals surface area contributed by atoms with Crippen LogP contribution in [0, 0.1) is 0 Å². The largest absolute Gasteiger partial charge is 0.490 e. The minimum atomic E-state index is -1.23. The third kappa shape index (κ3) is 4.23. The Balaban J connectivity index is 2.32. The average Bonchev–Trinajstić information content (AvgIpc) is 2.48. The first-order chi connectivity index (χ1) is 10.9. The summed E-state index contributed by atoms with van der Waals surface area (Å²) in [7, 11) is 0. The second kappa shape index (κ2) is 7.15. The highest BCUT2D eigenvalue weighted by atomic mass is 35.5. The van der Waals surface area contributed by atoms with E-state index in [1.165, 1.54) is 18.2 Å². The molecule has 0 heterocycles. The van der Waals surface area contributed by atoms with Gasteiger partial charge in [-0.05, 0) is 44.2 Å². The lowest BCUT2D eigenvalue weighted by atomic mass is 10.2. The number of hydrogen-bond donors (Lipinski definition) is 1. The molecule has 0 fully saturated rings. The molecular weight excluding hydrogens is 320 g/mol. The van der Waals surface area contributed by atoms with Crippen LogP contribution in [0.25, 0.3) is 0 Å².